The average Bonchev–Trinajstić information content (AvgIpc) is 2.64. The number of hydrazine groups is 1. The molecule has 0 radical (unpaired) electrons. The van der Waals surface area contributed by atoms with Crippen molar-refractivity contribution in [1.29, 1.82) is 0 Å². The Labute approximate surface area is 144 Å². The Morgan fingerprint density at radius 1 is 0.960 bits per heavy atom. The maximum absolute atomic E-state index is 13.4. The molecular formula is C18H19FN2O4. The molecule has 2 amide bonds. The topological polar surface area (TPSA) is 76.7 Å². The molecule has 0 aliphatic rings. The number of carbonyl (C=O) groups excluding carboxylic acids is 2. The number of hydrogen-bond acceptors (Lipinski definition) is 4. The third kappa shape index (κ3) is 5.80. The summed E-state index contributed by atoms with van der Waals surface area (Å²) >= 11 is 0. The molecule has 0 saturated carbocycles. The van der Waals surface area contributed by atoms with Crippen LogP contribution in [0.4, 0.5) is 4.39 Å². The highest BCUT2D eigenvalue weighted by Crippen LogP contribution is 2.17. The van der Waals surface area contributed by atoms with E-state index in [1.54, 1.807) is 24.3 Å². The molecular weight excluding hydrogens is 327 g/mol. The van der Waals surface area contributed by atoms with Crippen LogP contribution in [0.1, 0.15) is 23.7 Å². The zero-order valence-electron chi connectivity index (χ0n) is 13.8. The van der Waals surface area contributed by atoms with Crippen molar-refractivity contribution in [3.8, 4) is 11.5 Å². The zero-order valence-corrected chi connectivity index (χ0v) is 13.8. The molecule has 0 saturated heterocycles. The fraction of sp³-hybridized carbons (Fsp3) is 0.222. The van der Waals surface area contributed by atoms with E-state index in [0.29, 0.717) is 12.4 Å². The number of nitrogens with one attached hydrogen (secondary N) is 2. The molecule has 2 aromatic rings. The lowest BCUT2D eigenvalue weighted by atomic mass is 10.2. The number of amides is 2. The van der Waals surface area contributed by atoms with E-state index in [0.717, 1.165) is 18.2 Å². The largest absolute Gasteiger partial charge is 0.494 e. The van der Waals surface area contributed by atoms with Gasteiger partial charge in [-0.05, 0) is 42.8 Å². The zero-order chi connectivity index (χ0) is 18.1. The highest BCUT2D eigenvalue weighted by molar-refractivity contribution is 5.95. The van der Waals surface area contributed by atoms with Crippen molar-refractivity contribution in [2.24, 2.45) is 0 Å². The van der Waals surface area contributed by atoms with Crippen LogP contribution in [0, 0.1) is 5.82 Å². The van der Waals surface area contributed by atoms with Gasteiger partial charge in [0, 0.05) is 0 Å². The molecule has 0 aliphatic heterocycles. The lowest BCUT2D eigenvalue weighted by Crippen LogP contribution is -2.44. The molecule has 0 atom stereocenters. The SMILES string of the molecule is CCCOc1ccc(OCC(=O)NNC(=O)c2ccccc2F)cc1. The quantitative estimate of drug-likeness (QED) is 0.755. The van der Waals surface area contributed by atoms with Crippen LogP contribution in [0.3, 0.4) is 0 Å². The third-order valence-electron chi connectivity index (χ3n) is 3.10. The van der Waals surface area contributed by atoms with Crippen molar-refractivity contribution in [3.05, 3.63) is 59.9 Å². The first-order chi connectivity index (χ1) is 12.1. The van der Waals surface area contributed by atoms with E-state index in [9.17, 15) is 14.0 Å². The van der Waals surface area contributed by atoms with Gasteiger partial charge in [0.2, 0.25) is 0 Å². The first kappa shape index (κ1) is 18.3. The van der Waals surface area contributed by atoms with Gasteiger partial charge in [-0.3, -0.25) is 20.4 Å². The fourth-order valence-electron chi connectivity index (χ4n) is 1.88. The molecule has 0 fully saturated rings. The smallest absolute Gasteiger partial charge is 0.276 e. The maximum atomic E-state index is 13.4. The molecule has 2 aromatic carbocycles. The van der Waals surface area contributed by atoms with Crippen LogP contribution in [0.2, 0.25) is 0 Å². The summed E-state index contributed by atoms with van der Waals surface area (Å²) < 4.78 is 24.2. The minimum Gasteiger partial charge on any atom is -0.494 e. The van der Waals surface area contributed by atoms with Crippen LogP contribution in [0.15, 0.2) is 48.5 Å². The van der Waals surface area contributed by atoms with Crippen molar-refractivity contribution in [3.63, 3.8) is 0 Å². The molecule has 2 N–H and O–H groups in total. The number of halogens is 1. The molecule has 0 aliphatic carbocycles. The minimum absolute atomic E-state index is 0.161. The van der Waals surface area contributed by atoms with Gasteiger partial charge in [0.15, 0.2) is 6.61 Å². The molecule has 7 heteroatoms. The summed E-state index contributed by atoms with van der Waals surface area (Å²) in [5, 5.41) is 0. The van der Waals surface area contributed by atoms with E-state index >= 15 is 0 Å². The number of rotatable bonds is 7. The van der Waals surface area contributed by atoms with Crippen LogP contribution in [0.25, 0.3) is 0 Å². The summed E-state index contributed by atoms with van der Waals surface area (Å²) in [7, 11) is 0. The van der Waals surface area contributed by atoms with Crippen LogP contribution in [-0.2, 0) is 4.79 Å². The van der Waals surface area contributed by atoms with Crippen LogP contribution in [0.5, 0.6) is 11.5 Å². The highest BCUT2D eigenvalue weighted by Gasteiger charge is 2.11. The van der Waals surface area contributed by atoms with Gasteiger partial charge < -0.3 is 9.47 Å². The normalized spacial score (nSPS) is 10.0. The Balaban J connectivity index is 1.75. The Morgan fingerprint density at radius 3 is 2.24 bits per heavy atom. The van der Waals surface area contributed by atoms with Crippen LogP contribution < -0.4 is 20.3 Å². The van der Waals surface area contributed by atoms with Crippen molar-refractivity contribution < 1.29 is 23.5 Å². The summed E-state index contributed by atoms with van der Waals surface area (Å²) in [5.74, 6) is -0.786. The predicted molar refractivity (Wildman–Crippen MR) is 89.7 cm³/mol. The van der Waals surface area contributed by atoms with Gasteiger partial charge in [0.05, 0.1) is 12.2 Å². The van der Waals surface area contributed by atoms with Crippen LogP contribution >= 0.6 is 0 Å². The second kappa shape index (κ2) is 9.27. The predicted octanol–water partition coefficient (Wildman–Crippen LogP) is 2.45. The molecule has 0 spiro atoms. The van der Waals surface area contributed by atoms with Gasteiger partial charge in [0.25, 0.3) is 11.8 Å². The summed E-state index contributed by atoms with van der Waals surface area (Å²) in [6.07, 6.45) is 0.914. The molecule has 0 unspecified atom stereocenters. The van der Waals surface area contributed by atoms with E-state index in [2.05, 4.69) is 10.9 Å². The monoisotopic (exact) mass is 346 g/mol. The first-order valence-electron chi connectivity index (χ1n) is 7.79. The third-order valence-corrected chi connectivity index (χ3v) is 3.10. The van der Waals surface area contributed by atoms with Gasteiger partial charge in [-0.15, -0.1) is 0 Å². The van der Waals surface area contributed by atoms with Gasteiger partial charge in [-0.25, -0.2) is 4.39 Å². The Bertz CT molecular complexity index is 719. The second-order valence-electron chi connectivity index (χ2n) is 5.09. The molecule has 132 valence electrons. The Kier molecular flexibility index (Phi) is 6.76. The summed E-state index contributed by atoms with van der Waals surface area (Å²) in [5.41, 5.74) is 4.13. The highest BCUT2D eigenvalue weighted by atomic mass is 19.1. The van der Waals surface area contributed by atoms with E-state index in [1.807, 2.05) is 6.92 Å². The molecule has 0 aromatic heterocycles. The summed E-state index contributed by atoms with van der Waals surface area (Å²) in [6.45, 7) is 2.35. The molecule has 0 bridgehead atoms. The second-order valence-corrected chi connectivity index (χ2v) is 5.09. The van der Waals surface area contributed by atoms with E-state index in [1.165, 1.54) is 18.2 Å². The van der Waals surface area contributed by atoms with Gasteiger partial charge in [-0.2, -0.15) is 0 Å². The summed E-state index contributed by atoms with van der Waals surface area (Å²) in [6, 6.07) is 12.3. The number of ether oxygens (including phenoxy) is 2. The van der Waals surface area contributed by atoms with Gasteiger partial charge in [0.1, 0.15) is 17.3 Å². The standard InChI is InChI=1S/C18H19FN2O4/c1-2-11-24-13-7-9-14(10-8-13)25-12-17(22)20-21-18(23)15-5-3-4-6-16(15)19/h3-10H,2,11-12H2,1H3,(H,20,22)(H,21,23). The van der Waals surface area contributed by atoms with E-state index in [-0.39, 0.29) is 12.2 Å². The molecule has 0 heterocycles. The minimum atomic E-state index is -0.746. The first-order valence-corrected chi connectivity index (χ1v) is 7.79. The van der Waals surface area contributed by atoms with Crippen molar-refractivity contribution in [1.82, 2.24) is 10.9 Å². The lowest BCUT2D eigenvalue weighted by Gasteiger charge is -2.10. The van der Waals surface area contributed by atoms with Gasteiger partial charge in [-0.1, -0.05) is 19.1 Å². The van der Waals surface area contributed by atoms with E-state index < -0.39 is 17.6 Å². The maximum Gasteiger partial charge on any atom is 0.276 e. The van der Waals surface area contributed by atoms with Crippen molar-refractivity contribution in [2.75, 3.05) is 13.2 Å². The average molecular weight is 346 g/mol. The number of carbonyl (C=O) groups is 2. The van der Waals surface area contributed by atoms with Crippen LogP contribution in [-0.4, -0.2) is 25.0 Å². The number of hydrogen-bond donors (Lipinski definition) is 2. The molecule has 6 nitrogen and oxygen atoms in total. The van der Waals surface area contributed by atoms with E-state index in [4.69, 9.17) is 9.47 Å². The molecule has 25 heavy (non-hydrogen) atoms. The lowest BCUT2D eigenvalue weighted by molar-refractivity contribution is -0.123. The Hall–Kier alpha value is -3.09. The Morgan fingerprint density at radius 2 is 1.60 bits per heavy atom. The van der Waals surface area contributed by atoms with Gasteiger partial charge >= 0.3 is 0 Å². The fourth-order valence-corrected chi connectivity index (χ4v) is 1.88. The number of benzene rings is 2. The summed E-state index contributed by atoms with van der Waals surface area (Å²) in [4.78, 5) is 23.4. The molecule has 2 rings (SSSR count). The van der Waals surface area contributed by atoms with Crippen molar-refractivity contribution >= 4 is 11.8 Å². The van der Waals surface area contributed by atoms with Crippen molar-refractivity contribution in [2.45, 2.75) is 13.3 Å².